The minimum atomic E-state index is -0.486. The molecule has 4 heterocycles. The van der Waals surface area contributed by atoms with E-state index in [2.05, 4.69) is 26.2 Å². The fraction of sp³-hybridized carbons (Fsp3) is 0.560. The summed E-state index contributed by atoms with van der Waals surface area (Å²) in [5.41, 5.74) is 0. The number of thiophene rings is 1. The van der Waals surface area contributed by atoms with E-state index < -0.39 is 6.04 Å². The van der Waals surface area contributed by atoms with Gasteiger partial charge in [0.15, 0.2) is 0 Å². The molecule has 2 aliphatic heterocycles. The van der Waals surface area contributed by atoms with Gasteiger partial charge in [0.05, 0.1) is 4.88 Å². The van der Waals surface area contributed by atoms with E-state index in [0.717, 1.165) is 64.5 Å². The molecular weight excluding hydrogens is 434 g/mol. The number of likely N-dealkylation sites (tertiary alicyclic amines) is 1. The molecule has 2 atom stereocenters. The Hall–Kier alpha value is -2.45. The first-order chi connectivity index (χ1) is 16.0. The van der Waals surface area contributed by atoms with Gasteiger partial charge in [-0.15, -0.1) is 11.3 Å². The van der Waals surface area contributed by atoms with E-state index in [1.165, 1.54) is 11.3 Å². The first kappa shape index (κ1) is 23.7. The number of rotatable bonds is 7. The third-order valence-corrected chi connectivity index (χ3v) is 7.53. The molecule has 2 saturated heterocycles. The number of carbonyl (C=O) groups is 2. The predicted octanol–water partition coefficient (Wildman–Crippen LogP) is 2.96. The van der Waals surface area contributed by atoms with Crippen molar-refractivity contribution in [3.63, 3.8) is 0 Å². The zero-order chi connectivity index (χ0) is 23.2. The van der Waals surface area contributed by atoms with E-state index in [1.807, 2.05) is 48.5 Å². The molecule has 0 aromatic carbocycles. The van der Waals surface area contributed by atoms with E-state index in [-0.39, 0.29) is 17.7 Å². The summed E-state index contributed by atoms with van der Waals surface area (Å²) < 4.78 is 0. The van der Waals surface area contributed by atoms with Gasteiger partial charge in [-0.3, -0.25) is 14.5 Å². The van der Waals surface area contributed by atoms with E-state index in [9.17, 15) is 9.59 Å². The van der Waals surface area contributed by atoms with Crippen LogP contribution in [0.4, 0.5) is 5.82 Å². The summed E-state index contributed by atoms with van der Waals surface area (Å²) in [5.74, 6) is 1.47. The maximum atomic E-state index is 13.4. The molecule has 0 aliphatic carbocycles. The highest BCUT2D eigenvalue weighted by atomic mass is 32.1. The Bertz CT molecular complexity index is 897. The molecular formula is C25H35N5O2S. The van der Waals surface area contributed by atoms with Gasteiger partial charge in [-0.2, -0.15) is 0 Å². The van der Waals surface area contributed by atoms with Gasteiger partial charge in [-0.25, -0.2) is 4.98 Å². The van der Waals surface area contributed by atoms with Crippen LogP contribution < -0.4 is 10.2 Å². The number of aromatic nitrogens is 1. The maximum Gasteiger partial charge on any atom is 0.262 e. The Morgan fingerprint density at radius 1 is 1.12 bits per heavy atom. The Balaban J connectivity index is 1.29. The van der Waals surface area contributed by atoms with Crippen LogP contribution in [0.15, 0.2) is 41.9 Å². The molecule has 2 aliphatic rings. The third kappa shape index (κ3) is 6.12. The molecule has 2 fully saturated rings. The molecule has 2 aromatic heterocycles. The molecule has 1 N–H and O–H groups in total. The Labute approximate surface area is 200 Å². The van der Waals surface area contributed by atoms with E-state index in [1.54, 1.807) is 6.07 Å². The van der Waals surface area contributed by atoms with Crippen LogP contribution in [-0.4, -0.2) is 78.5 Å². The van der Waals surface area contributed by atoms with E-state index >= 15 is 0 Å². The molecule has 0 saturated carbocycles. The number of anilines is 1. The number of nitrogens with zero attached hydrogens (tertiary/aromatic N) is 4. The van der Waals surface area contributed by atoms with Crippen molar-refractivity contribution in [3.05, 3.63) is 46.8 Å². The maximum absolute atomic E-state index is 13.4. The lowest BCUT2D eigenvalue weighted by Crippen LogP contribution is -2.55. The number of carbonyl (C=O) groups excluding carboxylic acids is 2. The van der Waals surface area contributed by atoms with E-state index in [0.29, 0.717) is 10.8 Å². The fourth-order valence-corrected chi connectivity index (χ4v) is 5.44. The molecule has 0 radical (unpaired) electrons. The van der Waals surface area contributed by atoms with Gasteiger partial charge < -0.3 is 15.1 Å². The third-order valence-electron chi connectivity index (χ3n) is 6.66. The largest absolute Gasteiger partial charge is 0.354 e. The summed E-state index contributed by atoms with van der Waals surface area (Å²) in [4.78, 5) is 37.9. The zero-order valence-corrected chi connectivity index (χ0v) is 20.5. The summed E-state index contributed by atoms with van der Waals surface area (Å²) >= 11 is 1.40. The summed E-state index contributed by atoms with van der Waals surface area (Å²) in [6, 6.07) is 9.23. The number of amides is 2. The van der Waals surface area contributed by atoms with Crippen molar-refractivity contribution >= 4 is 29.0 Å². The SMILES string of the molecule is CC(C)C(NC(=O)c1cccs1)C(=O)N1CCCC(CN2CCN(c3ccccn3)CC2)C1. The number of pyridine rings is 1. The van der Waals surface area contributed by atoms with Gasteiger partial charge in [-0.1, -0.05) is 26.0 Å². The molecule has 2 amide bonds. The van der Waals surface area contributed by atoms with Crippen LogP contribution in [0.2, 0.25) is 0 Å². The fourth-order valence-electron chi connectivity index (χ4n) is 4.81. The molecule has 0 spiro atoms. The molecule has 4 rings (SSSR count). The summed E-state index contributed by atoms with van der Waals surface area (Å²) in [7, 11) is 0. The predicted molar refractivity (Wildman–Crippen MR) is 133 cm³/mol. The first-order valence-corrected chi connectivity index (χ1v) is 12.9. The number of nitrogens with one attached hydrogen (secondary N) is 1. The molecule has 8 heteroatoms. The van der Waals surface area contributed by atoms with Gasteiger partial charge in [-0.05, 0) is 48.3 Å². The van der Waals surface area contributed by atoms with Gasteiger partial charge in [0, 0.05) is 52.0 Å². The highest BCUT2D eigenvalue weighted by molar-refractivity contribution is 7.12. The smallest absolute Gasteiger partial charge is 0.262 e. The average Bonchev–Trinajstić information content (AvgIpc) is 3.38. The van der Waals surface area contributed by atoms with Crippen LogP contribution in [0.3, 0.4) is 0 Å². The van der Waals surface area contributed by atoms with Crippen LogP contribution in [0.25, 0.3) is 0 Å². The van der Waals surface area contributed by atoms with Crippen molar-refractivity contribution in [2.45, 2.75) is 32.7 Å². The Kier molecular flexibility index (Phi) is 7.98. The van der Waals surface area contributed by atoms with Crippen molar-refractivity contribution in [3.8, 4) is 0 Å². The van der Waals surface area contributed by atoms with Crippen molar-refractivity contribution in [1.29, 1.82) is 0 Å². The van der Waals surface area contributed by atoms with Crippen LogP contribution in [0, 0.1) is 11.8 Å². The van der Waals surface area contributed by atoms with Gasteiger partial charge in [0.1, 0.15) is 11.9 Å². The monoisotopic (exact) mass is 469 g/mol. The average molecular weight is 470 g/mol. The molecule has 33 heavy (non-hydrogen) atoms. The molecule has 7 nitrogen and oxygen atoms in total. The second-order valence-electron chi connectivity index (χ2n) is 9.44. The van der Waals surface area contributed by atoms with Crippen LogP contribution in [0.1, 0.15) is 36.4 Å². The highest BCUT2D eigenvalue weighted by Gasteiger charge is 2.33. The van der Waals surface area contributed by atoms with Crippen molar-refractivity contribution in [1.82, 2.24) is 20.1 Å². The topological polar surface area (TPSA) is 68.8 Å². The highest BCUT2D eigenvalue weighted by Crippen LogP contribution is 2.22. The Morgan fingerprint density at radius 3 is 2.61 bits per heavy atom. The summed E-state index contributed by atoms with van der Waals surface area (Å²) in [5, 5.41) is 4.87. The van der Waals surface area contributed by atoms with Crippen LogP contribution >= 0.6 is 11.3 Å². The summed E-state index contributed by atoms with van der Waals surface area (Å²) in [6.07, 6.45) is 4.02. The van der Waals surface area contributed by atoms with Crippen LogP contribution in [-0.2, 0) is 4.79 Å². The number of hydrogen-bond donors (Lipinski definition) is 1. The van der Waals surface area contributed by atoms with Crippen molar-refractivity contribution in [2.75, 3.05) is 50.7 Å². The second kappa shape index (κ2) is 11.1. The first-order valence-electron chi connectivity index (χ1n) is 12.0. The lowest BCUT2D eigenvalue weighted by atomic mass is 9.95. The van der Waals surface area contributed by atoms with Gasteiger partial charge >= 0.3 is 0 Å². The number of piperidine rings is 1. The van der Waals surface area contributed by atoms with E-state index in [4.69, 9.17) is 0 Å². The van der Waals surface area contributed by atoms with Crippen molar-refractivity contribution < 1.29 is 9.59 Å². The molecule has 2 unspecified atom stereocenters. The Morgan fingerprint density at radius 2 is 1.94 bits per heavy atom. The number of hydrogen-bond acceptors (Lipinski definition) is 6. The standard InChI is InChI=1S/C25H35N5O2S/c1-19(2)23(27-24(31)21-8-6-16-33-21)25(32)30-11-5-7-20(18-30)17-28-12-14-29(15-13-28)22-9-3-4-10-26-22/h3-4,6,8-10,16,19-20,23H,5,7,11-15,17-18H2,1-2H3,(H,27,31). The van der Waals surface area contributed by atoms with Gasteiger partial charge in [0.25, 0.3) is 5.91 Å². The van der Waals surface area contributed by atoms with Crippen molar-refractivity contribution in [2.24, 2.45) is 11.8 Å². The number of piperazine rings is 1. The molecule has 178 valence electrons. The molecule has 0 bridgehead atoms. The zero-order valence-electron chi connectivity index (χ0n) is 19.7. The minimum absolute atomic E-state index is 0.0430. The minimum Gasteiger partial charge on any atom is -0.354 e. The lowest BCUT2D eigenvalue weighted by molar-refractivity contribution is -0.136. The summed E-state index contributed by atoms with van der Waals surface area (Å²) in [6.45, 7) is 10.6. The quantitative estimate of drug-likeness (QED) is 0.675. The van der Waals surface area contributed by atoms with Gasteiger partial charge in [0.2, 0.25) is 5.91 Å². The second-order valence-corrected chi connectivity index (χ2v) is 10.4. The lowest BCUT2D eigenvalue weighted by Gasteiger charge is -2.40. The normalized spacial score (nSPS) is 20.6. The molecule has 2 aromatic rings. The van der Waals surface area contributed by atoms with Crippen LogP contribution in [0.5, 0.6) is 0 Å².